The minimum Gasteiger partial charge on any atom is -0.493 e. The van der Waals surface area contributed by atoms with Crippen LogP contribution in [0.15, 0.2) is 53.9 Å². The molecule has 1 atom stereocenters. The molecule has 0 saturated heterocycles. The summed E-state index contributed by atoms with van der Waals surface area (Å²) in [5.74, 6) is -0.441. The number of aromatic nitrogens is 1. The van der Waals surface area contributed by atoms with Crippen molar-refractivity contribution in [2.45, 2.75) is 26.5 Å². The molecule has 196 valence electrons. The van der Waals surface area contributed by atoms with Crippen molar-refractivity contribution in [3.05, 3.63) is 59.5 Å². The number of benzene rings is 2. The molecule has 10 nitrogen and oxygen atoms in total. The molecular formula is C26H29N3O7S. The summed E-state index contributed by atoms with van der Waals surface area (Å²) in [5.41, 5.74) is 2.23. The van der Waals surface area contributed by atoms with Crippen LogP contribution < -0.4 is 20.1 Å². The number of esters is 1. The molecule has 0 fully saturated rings. The molecule has 0 bridgehead atoms. The summed E-state index contributed by atoms with van der Waals surface area (Å²) in [6.45, 7) is 3.02. The third-order valence-corrected chi connectivity index (χ3v) is 5.94. The van der Waals surface area contributed by atoms with E-state index < -0.39 is 30.6 Å². The average Bonchev–Trinajstić information content (AvgIpc) is 3.37. The predicted octanol–water partition coefficient (Wildman–Crippen LogP) is 4.26. The summed E-state index contributed by atoms with van der Waals surface area (Å²) in [4.78, 5) is 41.5. The minimum absolute atomic E-state index is 0.0635. The predicted molar refractivity (Wildman–Crippen MR) is 139 cm³/mol. The van der Waals surface area contributed by atoms with Gasteiger partial charge in [0.15, 0.2) is 23.2 Å². The maximum absolute atomic E-state index is 12.5. The summed E-state index contributed by atoms with van der Waals surface area (Å²) < 4.78 is 20.9. The number of thiazole rings is 1. The van der Waals surface area contributed by atoms with Crippen LogP contribution in [-0.2, 0) is 25.7 Å². The number of amides is 2. The Bertz CT molecular complexity index is 1210. The third kappa shape index (κ3) is 7.94. The zero-order valence-electron chi connectivity index (χ0n) is 21.0. The molecule has 1 aromatic heterocycles. The van der Waals surface area contributed by atoms with E-state index >= 15 is 0 Å². The van der Waals surface area contributed by atoms with Gasteiger partial charge in [-0.25, -0.2) is 14.6 Å². The van der Waals surface area contributed by atoms with Gasteiger partial charge in [0.1, 0.15) is 12.6 Å². The normalized spacial score (nSPS) is 11.4. The van der Waals surface area contributed by atoms with Gasteiger partial charge in [-0.15, -0.1) is 11.3 Å². The first-order valence-corrected chi connectivity index (χ1v) is 12.3. The lowest BCUT2D eigenvalue weighted by molar-refractivity contribution is -0.150. The lowest BCUT2D eigenvalue weighted by Gasteiger charge is -2.20. The lowest BCUT2D eigenvalue weighted by atomic mass is 10.1. The van der Waals surface area contributed by atoms with Gasteiger partial charge < -0.3 is 24.3 Å². The molecule has 2 amide bonds. The lowest BCUT2D eigenvalue weighted by Crippen LogP contribution is -2.46. The smallest absolute Gasteiger partial charge is 0.408 e. The number of anilines is 1. The fourth-order valence-electron chi connectivity index (χ4n) is 3.23. The van der Waals surface area contributed by atoms with Gasteiger partial charge in [-0.2, -0.15) is 0 Å². The molecule has 1 heterocycles. The topological polar surface area (TPSA) is 125 Å². The molecule has 37 heavy (non-hydrogen) atoms. The number of rotatable bonds is 11. The largest absolute Gasteiger partial charge is 0.493 e. The van der Waals surface area contributed by atoms with Crippen LogP contribution in [0.5, 0.6) is 11.5 Å². The van der Waals surface area contributed by atoms with Crippen molar-refractivity contribution < 1.29 is 33.3 Å². The number of alkyl carbamates (subject to hydrolysis) is 1. The van der Waals surface area contributed by atoms with Crippen molar-refractivity contribution in [1.82, 2.24) is 10.3 Å². The summed E-state index contributed by atoms with van der Waals surface area (Å²) in [6.07, 6.45) is -0.755. The number of hydrogen-bond donors (Lipinski definition) is 2. The fourth-order valence-corrected chi connectivity index (χ4v) is 3.97. The van der Waals surface area contributed by atoms with Gasteiger partial charge >= 0.3 is 12.1 Å². The van der Waals surface area contributed by atoms with Crippen LogP contribution in [0.3, 0.4) is 0 Å². The van der Waals surface area contributed by atoms with E-state index in [2.05, 4.69) is 15.6 Å². The summed E-state index contributed by atoms with van der Waals surface area (Å²) in [7, 11) is 3.10. The van der Waals surface area contributed by atoms with Gasteiger partial charge in [-0.1, -0.05) is 44.2 Å². The number of carbonyl (C=O) groups excluding carboxylic acids is 3. The van der Waals surface area contributed by atoms with E-state index in [-0.39, 0.29) is 12.5 Å². The molecule has 11 heteroatoms. The van der Waals surface area contributed by atoms with Crippen LogP contribution in [0.2, 0.25) is 0 Å². The van der Waals surface area contributed by atoms with Crippen LogP contribution >= 0.6 is 11.3 Å². The van der Waals surface area contributed by atoms with Crippen molar-refractivity contribution in [3.8, 4) is 22.8 Å². The van der Waals surface area contributed by atoms with Crippen LogP contribution in [0.25, 0.3) is 11.3 Å². The number of methoxy groups -OCH3 is 2. The van der Waals surface area contributed by atoms with E-state index in [9.17, 15) is 14.4 Å². The van der Waals surface area contributed by atoms with Gasteiger partial charge in [0.2, 0.25) is 0 Å². The number of hydrogen-bond acceptors (Lipinski definition) is 9. The molecule has 0 aliphatic rings. The Morgan fingerprint density at radius 1 is 0.973 bits per heavy atom. The van der Waals surface area contributed by atoms with E-state index in [0.29, 0.717) is 22.3 Å². The first-order chi connectivity index (χ1) is 17.8. The molecule has 0 aliphatic heterocycles. The van der Waals surface area contributed by atoms with Gasteiger partial charge in [0, 0.05) is 10.9 Å². The number of nitrogens with one attached hydrogen (secondary N) is 2. The maximum Gasteiger partial charge on any atom is 0.408 e. The Labute approximate surface area is 218 Å². The highest BCUT2D eigenvalue weighted by atomic mass is 32.1. The first-order valence-electron chi connectivity index (χ1n) is 11.4. The second-order valence-corrected chi connectivity index (χ2v) is 9.05. The number of carbonyl (C=O) groups is 3. The second-order valence-electron chi connectivity index (χ2n) is 8.19. The van der Waals surface area contributed by atoms with Crippen LogP contribution in [0.4, 0.5) is 9.93 Å². The highest BCUT2D eigenvalue weighted by molar-refractivity contribution is 7.14. The number of ether oxygens (including phenoxy) is 4. The quantitative estimate of drug-likeness (QED) is 0.355. The molecule has 1 unspecified atom stereocenters. The van der Waals surface area contributed by atoms with Crippen LogP contribution in [0.1, 0.15) is 19.4 Å². The fraction of sp³-hybridized carbons (Fsp3) is 0.308. The molecule has 3 aromatic rings. The highest BCUT2D eigenvalue weighted by Gasteiger charge is 2.27. The van der Waals surface area contributed by atoms with E-state index in [1.54, 1.807) is 45.6 Å². The monoisotopic (exact) mass is 527 g/mol. The summed E-state index contributed by atoms with van der Waals surface area (Å²) in [6, 6.07) is 13.6. The van der Waals surface area contributed by atoms with Crippen molar-refractivity contribution in [3.63, 3.8) is 0 Å². The minimum atomic E-state index is -0.979. The van der Waals surface area contributed by atoms with Crippen LogP contribution in [0, 0.1) is 5.92 Å². The Kier molecular flexibility index (Phi) is 9.84. The Morgan fingerprint density at radius 2 is 1.70 bits per heavy atom. The molecule has 0 aliphatic carbocycles. The van der Waals surface area contributed by atoms with E-state index in [0.717, 1.165) is 11.1 Å². The van der Waals surface area contributed by atoms with Crippen molar-refractivity contribution in [2.24, 2.45) is 5.92 Å². The zero-order chi connectivity index (χ0) is 26.8. The standard InChI is InChI=1S/C26H29N3O7S/c1-16(2)23(29-26(32)36-13-17-8-6-5-7-9-17)24(31)35-14-22(30)28-25-27-19(15-37-25)18-10-11-20(33-3)21(12-18)34-4/h5-12,15-16,23H,13-14H2,1-4H3,(H,29,32)(H,27,28,30). The van der Waals surface area contributed by atoms with Gasteiger partial charge in [-0.05, 0) is 29.7 Å². The maximum atomic E-state index is 12.5. The van der Waals surface area contributed by atoms with E-state index in [4.69, 9.17) is 18.9 Å². The van der Waals surface area contributed by atoms with Gasteiger partial charge in [-0.3, -0.25) is 10.1 Å². The molecule has 0 saturated carbocycles. The van der Waals surface area contributed by atoms with Crippen molar-refractivity contribution in [2.75, 3.05) is 26.1 Å². The first kappa shape index (κ1) is 27.5. The van der Waals surface area contributed by atoms with E-state index in [1.807, 2.05) is 36.4 Å². The Balaban J connectivity index is 1.50. The molecule has 0 spiro atoms. The number of nitrogens with zero attached hydrogens (tertiary/aromatic N) is 1. The van der Waals surface area contributed by atoms with Crippen molar-refractivity contribution in [1.29, 1.82) is 0 Å². The molecule has 3 rings (SSSR count). The third-order valence-electron chi connectivity index (χ3n) is 5.18. The zero-order valence-corrected chi connectivity index (χ0v) is 21.8. The van der Waals surface area contributed by atoms with Crippen molar-refractivity contribution >= 4 is 34.4 Å². The Hall–Kier alpha value is -4.12. The molecule has 2 aromatic carbocycles. The van der Waals surface area contributed by atoms with Gasteiger partial charge in [0.25, 0.3) is 5.91 Å². The average molecular weight is 528 g/mol. The Morgan fingerprint density at radius 3 is 2.38 bits per heavy atom. The van der Waals surface area contributed by atoms with E-state index in [1.165, 1.54) is 11.3 Å². The van der Waals surface area contributed by atoms with Gasteiger partial charge in [0.05, 0.1) is 19.9 Å². The summed E-state index contributed by atoms with van der Waals surface area (Å²) in [5, 5.41) is 7.23. The highest BCUT2D eigenvalue weighted by Crippen LogP contribution is 2.33. The molecule has 2 N–H and O–H groups in total. The molecular weight excluding hydrogens is 498 g/mol. The SMILES string of the molecule is COc1ccc(-c2csc(NC(=O)COC(=O)C(NC(=O)OCc3ccccc3)C(C)C)n2)cc1OC. The summed E-state index contributed by atoms with van der Waals surface area (Å²) >= 11 is 1.22. The molecule has 0 radical (unpaired) electrons. The van der Waals surface area contributed by atoms with Crippen LogP contribution in [-0.4, -0.2) is 49.8 Å². The second kappa shape index (κ2) is 13.3.